The number of urea groups is 1. The topological polar surface area (TPSA) is 70.2 Å². The van der Waals surface area contributed by atoms with E-state index in [0.29, 0.717) is 6.54 Å². The Balaban J connectivity index is 1.72. The molecule has 3 amide bonds. The molecule has 0 heterocycles. The fourth-order valence-corrected chi connectivity index (χ4v) is 2.53. The lowest BCUT2D eigenvalue weighted by Crippen LogP contribution is -2.37. The minimum absolute atomic E-state index is 0.0752. The number of carbonyl (C=O) groups excluding carboxylic acids is 2. The van der Waals surface area contributed by atoms with Crippen LogP contribution in [0.1, 0.15) is 64.0 Å². The van der Waals surface area contributed by atoms with Crippen LogP contribution in [0.3, 0.4) is 0 Å². The lowest BCUT2D eigenvalue weighted by molar-refractivity contribution is -0.117. The second-order valence-corrected chi connectivity index (χ2v) is 6.57. The quantitative estimate of drug-likeness (QED) is 0.599. The van der Waals surface area contributed by atoms with Crippen LogP contribution in [0.5, 0.6) is 0 Å². The number of benzene rings is 1. The van der Waals surface area contributed by atoms with Crippen LogP contribution >= 0.6 is 0 Å². The summed E-state index contributed by atoms with van der Waals surface area (Å²) in [6, 6.07) is 7.44. The molecule has 0 bridgehead atoms. The summed E-state index contributed by atoms with van der Waals surface area (Å²) in [4.78, 5) is 23.6. The summed E-state index contributed by atoms with van der Waals surface area (Å²) in [7, 11) is 0. The molecule has 0 spiro atoms. The van der Waals surface area contributed by atoms with E-state index in [-0.39, 0.29) is 23.9 Å². The van der Waals surface area contributed by atoms with E-state index < -0.39 is 0 Å². The van der Waals surface area contributed by atoms with Crippen LogP contribution in [0.2, 0.25) is 0 Å². The molecule has 1 unspecified atom stereocenters. The van der Waals surface area contributed by atoms with Gasteiger partial charge < -0.3 is 16.0 Å². The van der Waals surface area contributed by atoms with Crippen molar-refractivity contribution >= 4 is 17.6 Å². The van der Waals surface area contributed by atoms with Gasteiger partial charge in [0.05, 0.1) is 6.04 Å². The first-order valence-corrected chi connectivity index (χ1v) is 9.05. The molecular weight excluding hydrogens is 302 g/mol. The van der Waals surface area contributed by atoms with E-state index in [2.05, 4.69) is 22.9 Å². The fraction of sp³-hybridized carbons (Fsp3) is 0.579. The number of unbranched alkanes of at least 4 members (excludes halogenated alkanes) is 3. The summed E-state index contributed by atoms with van der Waals surface area (Å²) in [6.07, 6.45) is 6.58. The molecule has 5 nitrogen and oxygen atoms in total. The zero-order valence-electron chi connectivity index (χ0n) is 14.7. The van der Waals surface area contributed by atoms with Gasteiger partial charge >= 0.3 is 6.03 Å². The van der Waals surface area contributed by atoms with Gasteiger partial charge in [-0.05, 0) is 43.9 Å². The van der Waals surface area contributed by atoms with E-state index in [4.69, 9.17) is 0 Å². The molecule has 1 aliphatic rings. The van der Waals surface area contributed by atoms with Crippen molar-refractivity contribution in [1.29, 1.82) is 0 Å². The SMILES string of the molecule is CCCCCCNC(=O)NC(C)c1ccc(NC(=O)C2CC2)cc1. The van der Waals surface area contributed by atoms with Crippen LogP contribution in [0.25, 0.3) is 0 Å². The molecular formula is C19H29N3O2. The fourth-order valence-electron chi connectivity index (χ4n) is 2.53. The average molecular weight is 331 g/mol. The van der Waals surface area contributed by atoms with E-state index >= 15 is 0 Å². The summed E-state index contributed by atoms with van der Waals surface area (Å²) >= 11 is 0. The maximum Gasteiger partial charge on any atom is 0.315 e. The highest BCUT2D eigenvalue weighted by Crippen LogP contribution is 2.30. The van der Waals surface area contributed by atoms with E-state index in [9.17, 15) is 9.59 Å². The van der Waals surface area contributed by atoms with Crippen LogP contribution in [-0.2, 0) is 4.79 Å². The third kappa shape index (κ3) is 6.22. The first-order chi connectivity index (χ1) is 11.6. The van der Waals surface area contributed by atoms with Crippen molar-refractivity contribution in [2.45, 2.75) is 58.4 Å². The highest BCUT2D eigenvalue weighted by molar-refractivity contribution is 5.94. The minimum atomic E-state index is -0.134. The number of rotatable bonds is 9. The predicted octanol–water partition coefficient (Wildman–Crippen LogP) is 3.98. The molecule has 1 aliphatic carbocycles. The number of amides is 3. The molecule has 1 atom stereocenters. The molecule has 0 aliphatic heterocycles. The molecule has 24 heavy (non-hydrogen) atoms. The Hall–Kier alpha value is -2.04. The Morgan fingerprint density at radius 2 is 1.83 bits per heavy atom. The van der Waals surface area contributed by atoms with Crippen LogP contribution in [0, 0.1) is 5.92 Å². The van der Waals surface area contributed by atoms with Crippen molar-refractivity contribution in [3.05, 3.63) is 29.8 Å². The monoisotopic (exact) mass is 331 g/mol. The molecule has 1 aromatic carbocycles. The summed E-state index contributed by atoms with van der Waals surface area (Å²) in [5, 5.41) is 8.75. The van der Waals surface area contributed by atoms with Gasteiger partial charge in [0.15, 0.2) is 0 Å². The van der Waals surface area contributed by atoms with Crippen LogP contribution in [0.15, 0.2) is 24.3 Å². The zero-order valence-corrected chi connectivity index (χ0v) is 14.7. The Morgan fingerprint density at radius 3 is 2.46 bits per heavy atom. The van der Waals surface area contributed by atoms with Gasteiger partial charge in [0, 0.05) is 18.2 Å². The third-order valence-electron chi connectivity index (χ3n) is 4.29. The standard InChI is InChI=1S/C19H29N3O2/c1-3-4-5-6-13-20-19(24)21-14(2)15-9-11-17(12-10-15)22-18(23)16-7-8-16/h9-12,14,16H,3-8,13H2,1-2H3,(H,22,23)(H2,20,21,24). The van der Waals surface area contributed by atoms with Crippen LogP contribution in [-0.4, -0.2) is 18.5 Å². The maximum absolute atomic E-state index is 11.9. The summed E-state index contributed by atoms with van der Waals surface area (Å²) in [5.74, 6) is 0.308. The highest BCUT2D eigenvalue weighted by atomic mass is 16.2. The summed E-state index contributed by atoms with van der Waals surface area (Å²) < 4.78 is 0. The molecule has 0 aromatic heterocycles. The molecule has 1 fully saturated rings. The first kappa shape index (κ1) is 18.3. The van der Waals surface area contributed by atoms with Crippen molar-refractivity contribution in [1.82, 2.24) is 10.6 Å². The van der Waals surface area contributed by atoms with E-state index in [0.717, 1.165) is 36.9 Å². The Bertz CT molecular complexity index is 538. The first-order valence-electron chi connectivity index (χ1n) is 9.05. The van der Waals surface area contributed by atoms with Crippen molar-refractivity contribution in [2.24, 2.45) is 5.92 Å². The minimum Gasteiger partial charge on any atom is -0.338 e. The Morgan fingerprint density at radius 1 is 1.12 bits per heavy atom. The van der Waals surface area contributed by atoms with E-state index in [1.54, 1.807) is 0 Å². The van der Waals surface area contributed by atoms with Crippen LogP contribution in [0.4, 0.5) is 10.5 Å². The predicted molar refractivity (Wildman–Crippen MR) is 96.9 cm³/mol. The molecule has 2 rings (SSSR count). The van der Waals surface area contributed by atoms with Gasteiger partial charge in [0.25, 0.3) is 0 Å². The third-order valence-corrected chi connectivity index (χ3v) is 4.29. The molecule has 3 N–H and O–H groups in total. The number of hydrogen-bond acceptors (Lipinski definition) is 2. The van der Waals surface area contributed by atoms with Gasteiger partial charge in [-0.25, -0.2) is 4.79 Å². The van der Waals surface area contributed by atoms with Gasteiger partial charge in [-0.3, -0.25) is 4.79 Å². The summed E-state index contributed by atoms with van der Waals surface area (Å²) in [6.45, 7) is 4.84. The summed E-state index contributed by atoms with van der Waals surface area (Å²) in [5.41, 5.74) is 1.82. The van der Waals surface area contributed by atoms with Gasteiger partial charge in [-0.2, -0.15) is 0 Å². The molecule has 0 radical (unpaired) electrons. The van der Waals surface area contributed by atoms with Crippen LogP contribution < -0.4 is 16.0 Å². The zero-order chi connectivity index (χ0) is 17.4. The lowest BCUT2D eigenvalue weighted by Gasteiger charge is -2.15. The molecule has 5 heteroatoms. The molecule has 1 aromatic rings. The largest absolute Gasteiger partial charge is 0.338 e. The Kier molecular flexibility index (Phi) is 7.09. The van der Waals surface area contributed by atoms with Gasteiger partial charge in [0.1, 0.15) is 0 Å². The number of anilines is 1. The number of hydrogen-bond donors (Lipinski definition) is 3. The second-order valence-electron chi connectivity index (χ2n) is 6.57. The number of nitrogens with one attached hydrogen (secondary N) is 3. The van der Waals surface area contributed by atoms with E-state index in [1.165, 1.54) is 12.8 Å². The van der Waals surface area contributed by atoms with Crippen molar-refractivity contribution in [2.75, 3.05) is 11.9 Å². The van der Waals surface area contributed by atoms with E-state index in [1.807, 2.05) is 31.2 Å². The Labute approximate surface area is 144 Å². The number of carbonyl (C=O) groups is 2. The normalized spacial score (nSPS) is 14.8. The van der Waals surface area contributed by atoms with Crippen molar-refractivity contribution in [3.8, 4) is 0 Å². The average Bonchev–Trinajstić information content (AvgIpc) is 3.40. The highest BCUT2D eigenvalue weighted by Gasteiger charge is 2.29. The van der Waals surface area contributed by atoms with Crippen molar-refractivity contribution < 1.29 is 9.59 Å². The lowest BCUT2D eigenvalue weighted by atomic mass is 10.1. The van der Waals surface area contributed by atoms with Gasteiger partial charge in [0.2, 0.25) is 5.91 Å². The molecule has 0 saturated heterocycles. The maximum atomic E-state index is 11.9. The van der Waals surface area contributed by atoms with Gasteiger partial charge in [-0.15, -0.1) is 0 Å². The second kappa shape index (κ2) is 9.30. The van der Waals surface area contributed by atoms with Gasteiger partial charge in [-0.1, -0.05) is 38.3 Å². The van der Waals surface area contributed by atoms with Crippen molar-refractivity contribution in [3.63, 3.8) is 0 Å². The smallest absolute Gasteiger partial charge is 0.315 e. The molecule has 132 valence electrons. The molecule has 1 saturated carbocycles.